The number of ether oxygens (including phenoxy) is 1. The van der Waals surface area contributed by atoms with Crippen LogP contribution in [0.4, 0.5) is 0 Å². The van der Waals surface area contributed by atoms with Crippen LogP contribution in [0.2, 0.25) is 0 Å². The van der Waals surface area contributed by atoms with E-state index in [0.29, 0.717) is 18.4 Å². The summed E-state index contributed by atoms with van der Waals surface area (Å²) in [6.45, 7) is 12.3. The Labute approximate surface area is 114 Å². The fraction of sp³-hybridized carbons (Fsp3) is 0.643. The summed E-state index contributed by atoms with van der Waals surface area (Å²) in [5.74, 6) is -0.557. The lowest BCUT2D eigenvalue weighted by molar-refractivity contribution is -0.271. The van der Waals surface area contributed by atoms with Crippen molar-refractivity contribution < 1.29 is 24.8 Å². The van der Waals surface area contributed by atoms with E-state index in [1.165, 1.54) is 6.08 Å². The number of hydrogen-bond acceptors (Lipinski definition) is 5. The summed E-state index contributed by atoms with van der Waals surface area (Å²) in [5, 5.41) is 18.6. The first-order valence-electron chi connectivity index (χ1n) is 6.24. The second-order valence-corrected chi connectivity index (χ2v) is 5.11. The van der Waals surface area contributed by atoms with Gasteiger partial charge in [-0.3, -0.25) is 10.1 Å². The first-order chi connectivity index (χ1) is 8.73. The molecule has 5 heteroatoms. The molecule has 0 aliphatic carbocycles. The first-order valence-corrected chi connectivity index (χ1v) is 6.24. The SMILES string of the molecule is C=CC(C)(O)CCC(OO)C(=C)COC(=O)C(C)C. The van der Waals surface area contributed by atoms with Crippen molar-refractivity contribution in [1.82, 2.24) is 0 Å². The number of rotatable bonds is 9. The average Bonchev–Trinajstić information content (AvgIpc) is 2.36. The molecule has 0 saturated carbocycles. The summed E-state index contributed by atoms with van der Waals surface area (Å²) in [6.07, 6.45) is 1.42. The minimum Gasteiger partial charge on any atom is -0.461 e. The normalized spacial score (nSPS) is 15.7. The van der Waals surface area contributed by atoms with Gasteiger partial charge in [0.2, 0.25) is 0 Å². The molecule has 110 valence electrons. The van der Waals surface area contributed by atoms with Crippen molar-refractivity contribution in [3.8, 4) is 0 Å². The van der Waals surface area contributed by atoms with Gasteiger partial charge < -0.3 is 9.84 Å². The molecule has 0 saturated heterocycles. The van der Waals surface area contributed by atoms with Gasteiger partial charge >= 0.3 is 5.97 Å². The topological polar surface area (TPSA) is 76.0 Å². The lowest BCUT2D eigenvalue weighted by atomic mass is 9.96. The molecular weight excluding hydrogens is 248 g/mol. The van der Waals surface area contributed by atoms with Crippen LogP contribution in [0.25, 0.3) is 0 Å². The number of carbonyl (C=O) groups excluding carboxylic acids is 1. The molecule has 0 radical (unpaired) electrons. The predicted molar refractivity (Wildman–Crippen MR) is 72.5 cm³/mol. The van der Waals surface area contributed by atoms with Crippen LogP contribution in [0.15, 0.2) is 24.8 Å². The third kappa shape index (κ3) is 7.10. The van der Waals surface area contributed by atoms with E-state index in [1.54, 1.807) is 20.8 Å². The number of esters is 1. The Morgan fingerprint density at radius 1 is 1.47 bits per heavy atom. The maximum Gasteiger partial charge on any atom is 0.308 e. The smallest absolute Gasteiger partial charge is 0.308 e. The number of carbonyl (C=O) groups is 1. The Morgan fingerprint density at radius 3 is 2.47 bits per heavy atom. The zero-order chi connectivity index (χ0) is 15.1. The summed E-state index contributed by atoms with van der Waals surface area (Å²) in [5.41, 5.74) is -0.595. The van der Waals surface area contributed by atoms with E-state index < -0.39 is 11.7 Å². The summed E-state index contributed by atoms with van der Waals surface area (Å²) in [7, 11) is 0. The van der Waals surface area contributed by atoms with Crippen LogP contribution in [0.3, 0.4) is 0 Å². The molecule has 2 atom stereocenters. The van der Waals surface area contributed by atoms with E-state index in [2.05, 4.69) is 18.0 Å². The van der Waals surface area contributed by atoms with E-state index in [-0.39, 0.29) is 18.5 Å². The van der Waals surface area contributed by atoms with Gasteiger partial charge in [-0.2, -0.15) is 0 Å². The molecule has 0 bridgehead atoms. The highest BCUT2D eigenvalue weighted by atomic mass is 17.1. The third-order valence-corrected chi connectivity index (χ3v) is 2.81. The molecule has 0 fully saturated rings. The van der Waals surface area contributed by atoms with Crippen LogP contribution >= 0.6 is 0 Å². The Kier molecular flexibility index (Phi) is 7.59. The molecule has 0 spiro atoms. The summed E-state index contributed by atoms with van der Waals surface area (Å²) in [4.78, 5) is 15.6. The van der Waals surface area contributed by atoms with E-state index in [0.717, 1.165) is 0 Å². The van der Waals surface area contributed by atoms with Gasteiger partial charge in [0.05, 0.1) is 11.5 Å². The second kappa shape index (κ2) is 8.09. The van der Waals surface area contributed by atoms with E-state index in [1.807, 2.05) is 0 Å². The zero-order valence-corrected chi connectivity index (χ0v) is 11.9. The molecule has 0 amide bonds. The number of aliphatic hydroxyl groups is 1. The molecule has 0 aliphatic heterocycles. The number of hydrogen-bond donors (Lipinski definition) is 2. The van der Waals surface area contributed by atoms with Gasteiger partial charge in [-0.15, -0.1) is 6.58 Å². The summed E-state index contributed by atoms with van der Waals surface area (Å²) < 4.78 is 4.99. The summed E-state index contributed by atoms with van der Waals surface area (Å²) >= 11 is 0. The second-order valence-electron chi connectivity index (χ2n) is 5.11. The monoisotopic (exact) mass is 272 g/mol. The lowest BCUT2D eigenvalue weighted by Crippen LogP contribution is -2.26. The third-order valence-electron chi connectivity index (χ3n) is 2.81. The van der Waals surface area contributed by atoms with Gasteiger partial charge in [0.15, 0.2) is 0 Å². The van der Waals surface area contributed by atoms with Crippen LogP contribution in [0.5, 0.6) is 0 Å². The molecule has 0 aromatic heterocycles. The summed E-state index contributed by atoms with van der Waals surface area (Å²) in [6, 6.07) is 0. The minimum absolute atomic E-state index is 0.0154. The molecule has 0 heterocycles. The van der Waals surface area contributed by atoms with Gasteiger partial charge in [0.25, 0.3) is 0 Å². The Hall–Kier alpha value is -1.17. The van der Waals surface area contributed by atoms with Crippen molar-refractivity contribution in [3.63, 3.8) is 0 Å². The first kappa shape index (κ1) is 17.8. The average molecular weight is 272 g/mol. The van der Waals surface area contributed by atoms with Crippen LogP contribution < -0.4 is 0 Å². The van der Waals surface area contributed by atoms with Crippen molar-refractivity contribution in [3.05, 3.63) is 24.8 Å². The molecule has 0 aromatic carbocycles. The quantitative estimate of drug-likeness (QED) is 0.291. The molecule has 2 N–H and O–H groups in total. The maximum atomic E-state index is 11.3. The Balaban J connectivity index is 4.26. The molecule has 2 unspecified atom stereocenters. The predicted octanol–water partition coefficient (Wildman–Crippen LogP) is 2.32. The van der Waals surface area contributed by atoms with Crippen molar-refractivity contribution in [2.24, 2.45) is 5.92 Å². The van der Waals surface area contributed by atoms with Crippen LogP contribution in [-0.4, -0.2) is 34.6 Å². The highest BCUT2D eigenvalue weighted by molar-refractivity contribution is 5.71. The molecular formula is C14H24O5. The fourth-order valence-electron chi connectivity index (χ4n) is 1.28. The highest BCUT2D eigenvalue weighted by Gasteiger charge is 2.22. The highest BCUT2D eigenvalue weighted by Crippen LogP contribution is 2.19. The zero-order valence-electron chi connectivity index (χ0n) is 11.9. The van der Waals surface area contributed by atoms with E-state index in [4.69, 9.17) is 9.99 Å². The van der Waals surface area contributed by atoms with Gasteiger partial charge in [-0.05, 0) is 25.3 Å². The van der Waals surface area contributed by atoms with Crippen molar-refractivity contribution in [2.75, 3.05) is 6.61 Å². The Morgan fingerprint density at radius 2 is 2.05 bits per heavy atom. The molecule has 0 aromatic rings. The van der Waals surface area contributed by atoms with Crippen LogP contribution in [0, 0.1) is 5.92 Å². The fourth-order valence-corrected chi connectivity index (χ4v) is 1.28. The van der Waals surface area contributed by atoms with E-state index in [9.17, 15) is 9.90 Å². The van der Waals surface area contributed by atoms with Gasteiger partial charge in [0, 0.05) is 0 Å². The Bertz CT molecular complexity index is 320. The minimum atomic E-state index is -1.04. The van der Waals surface area contributed by atoms with Gasteiger partial charge in [0.1, 0.15) is 12.7 Å². The van der Waals surface area contributed by atoms with Gasteiger partial charge in [-0.1, -0.05) is 26.5 Å². The molecule has 0 aliphatic rings. The maximum absolute atomic E-state index is 11.3. The van der Waals surface area contributed by atoms with Crippen molar-refractivity contribution in [1.29, 1.82) is 0 Å². The van der Waals surface area contributed by atoms with Gasteiger partial charge in [-0.25, -0.2) is 4.89 Å². The molecule has 5 nitrogen and oxygen atoms in total. The standard InChI is InChI=1S/C14H24O5/c1-6-14(5,16)8-7-12(19-17)11(4)9-18-13(15)10(2)3/h6,10,12,16-17H,1,4,7-9H2,2-3,5H3. The largest absolute Gasteiger partial charge is 0.461 e. The van der Waals surface area contributed by atoms with Crippen molar-refractivity contribution >= 4 is 5.97 Å². The van der Waals surface area contributed by atoms with Crippen LogP contribution in [0.1, 0.15) is 33.6 Å². The van der Waals surface area contributed by atoms with E-state index >= 15 is 0 Å². The van der Waals surface area contributed by atoms with Crippen LogP contribution in [-0.2, 0) is 14.4 Å². The molecule has 19 heavy (non-hydrogen) atoms. The lowest BCUT2D eigenvalue weighted by Gasteiger charge is -2.22. The van der Waals surface area contributed by atoms with Crippen molar-refractivity contribution in [2.45, 2.75) is 45.3 Å². The molecule has 0 rings (SSSR count).